The maximum absolute atomic E-state index is 12.1. The quantitative estimate of drug-likeness (QED) is 0.882. The predicted octanol–water partition coefficient (Wildman–Crippen LogP) is 2.07. The molecule has 90 valence electrons. The van der Waals surface area contributed by atoms with E-state index in [1.54, 1.807) is 23.0 Å². The number of hydrogen-bond donors (Lipinski definition) is 1. The molecule has 0 fully saturated rings. The lowest BCUT2D eigenvalue weighted by Gasteiger charge is -2.05. The average Bonchev–Trinajstić information content (AvgIpc) is 2.63. The molecule has 2 aromatic rings. The van der Waals surface area contributed by atoms with Crippen LogP contribution in [0, 0.1) is 0 Å². The first kappa shape index (κ1) is 12.3. The molecule has 0 radical (unpaired) electrons. The molecule has 0 spiro atoms. The maximum atomic E-state index is 12.1. The van der Waals surface area contributed by atoms with Crippen LogP contribution in [0.3, 0.4) is 0 Å². The van der Waals surface area contributed by atoms with E-state index in [2.05, 4.69) is 21.0 Å². The van der Waals surface area contributed by atoms with Gasteiger partial charge >= 0.3 is 0 Å². The highest BCUT2D eigenvalue weighted by molar-refractivity contribution is 9.10. The number of rotatable bonds is 3. The largest absolute Gasteiger partial charge is 0.398 e. The number of nitrogens with zero attached hydrogens (tertiary/aromatic N) is 2. The number of benzene rings is 1. The van der Waals surface area contributed by atoms with Gasteiger partial charge in [0, 0.05) is 29.0 Å². The molecule has 6 heteroatoms. The molecule has 4 nitrogen and oxygen atoms in total. The van der Waals surface area contributed by atoms with Crippen molar-refractivity contribution in [2.75, 3.05) is 5.73 Å². The molecule has 1 heterocycles. The van der Waals surface area contributed by atoms with Crippen molar-refractivity contribution in [3.63, 3.8) is 0 Å². The Kier molecular flexibility index (Phi) is 3.63. The monoisotopic (exact) mass is 313 g/mol. The minimum Gasteiger partial charge on any atom is -0.398 e. The van der Waals surface area contributed by atoms with Crippen molar-refractivity contribution in [1.82, 2.24) is 9.78 Å². The summed E-state index contributed by atoms with van der Waals surface area (Å²) < 4.78 is 14.7. The van der Waals surface area contributed by atoms with E-state index in [1.165, 1.54) is 0 Å². The van der Waals surface area contributed by atoms with Gasteiger partial charge in [0.05, 0.1) is 27.6 Å². The van der Waals surface area contributed by atoms with Crippen LogP contribution in [0.2, 0.25) is 0 Å². The van der Waals surface area contributed by atoms with Gasteiger partial charge in [0.25, 0.3) is 0 Å². The summed E-state index contributed by atoms with van der Waals surface area (Å²) in [5.74, 6) is 0.430. The van der Waals surface area contributed by atoms with E-state index in [1.807, 2.05) is 19.3 Å². The minimum atomic E-state index is -1.14. The SMILES string of the molecule is Cn1cc(CS(=O)c2ccc(Br)cc2N)cn1. The fourth-order valence-corrected chi connectivity index (χ4v) is 3.03. The minimum absolute atomic E-state index is 0.430. The number of hydrogen-bond acceptors (Lipinski definition) is 3. The summed E-state index contributed by atoms with van der Waals surface area (Å²) in [6.07, 6.45) is 3.57. The van der Waals surface area contributed by atoms with Crippen LogP contribution in [-0.4, -0.2) is 14.0 Å². The Morgan fingerprint density at radius 3 is 2.88 bits per heavy atom. The first-order chi connectivity index (χ1) is 8.06. The van der Waals surface area contributed by atoms with Crippen LogP contribution in [0.25, 0.3) is 0 Å². The molecule has 2 N–H and O–H groups in total. The Hall–Kier alpha value is -1.14. The van der Waals surface area contributed by atoms with E-state index in [4.69, 9.17) is 5.73 Å². The molecule has 2 rings (SSSR count). The second-order valence-corrected chi connectivity index (χ2v) is 6.03. The van der Waals surface area contributed by atoms with Gasteiger partial charge in [-0.05, 0) is 18.2 Å². The first-order valence-electron chi connectivity index (χ1n) is 4.97. The molecule has 0 aliphatic carbocycles. The van der Waals surface area contributed by atoms with Gasteiger partial charge in [0.2, 0.25) is 0 Å². The third-order valence-electron chi connectivity index (χ3n) is 2.27. The molecule has 1 aromatic heterocycles. The fraction of sp³-hybridized carbons (Fsp3) is 0.182. The summed E-state index contributed by atoms with van der Waals surface area (Å²) in [5.41, 5.74) is 7.32. The summed E-state index contributed by atoms with van der Waals surface area (Å²) in [7, 11) is 0.694. The van der Waals surface area contributed by atoms with Crippen molar-refractivity contribution >= 4 is 32.4 Å². The van der Waals surface area contributed by atoms with Crippen molar-refractivity contribution in [3.05, 3.63) is 40.6 Å². The second kappa shape index (κ2) is 5.01. The van der Waals surface area contributed by atoms with Crippen LogP contribution in [0.4, 0.5) is 5.69 Å². The van der Waals surface area contributed by atoms with Gasteiger partial charge in [-0.3, -0.25) is 8.89 Å². The van der Waals surface area contributed by atoms with E-state index in [9.17, 15) is 4.21 Å². The number of aryl methyl sites for hydroxylation is 1. The molecule has 1 atom stereocenters. The van der Waals surface area contributed by atoms with Crippen LogP contribution in [0.5, 0.6) is 0 Å². The summed E-state index contributed by atoms with van der Waals surface area (Å²) in [6, 6.07) is 5.38. The Bertz CT molecular complexity index is 568. The number of aromatic nitrogens is 2. The summed E-state index contributed by atoms with van der Waals surface area (Å²) >= 11 is 3.32. The van der Waals surface area contributed by atoms with Gasteiger partial charge in [-0.1, -0.05) is 15.9 Å². The van der Waals surface area contributed by atoms with E-state index >= 15 is 0 Å². The Morgan fingerprint density at radius 2 is 2.29 bits per heavy atom. The topological polar surface area (TPSA) is 60.9 Å². The van der Waals surface area contributed by atoms with E-state index < -0.39 is 10.8 Å². The van der Waals surface area contributed by atoms with Crippen LogP contribution in [0.1, 0.15) is 5.56 Å². The van der Waals surface area contributed by atoms with Gasteiger partial charge in [-0.25, -0.2) is 0 Å². The highest BCUT2D eigenvalue weighted by Crippen LogP contribution is 2.23. The highest BCUT2D eigenvalue weighted by atomic mass is 79.9. The Balaban J connectivity index is 2.20. The molecule has 17 heavy (non-hydrogen) atoms. The van der Waals surface area contributed by atoms with E-state index in [0.29, 0.717) is 16.3 Å². The smallest absolute Gasteiger partial charge is 0.0621 e. The van der Waals surface area contributed by atoms with Crippen molar-refractivity contribution < 1.29 is 4.21 Å². The summed E-state index contributed by atoms with van der Waals surface area (Å²) in [4.78, 5) is 0.664. The van der Waals surface area contributed by atoms with Gasteiger partial charge in [-0.15, -0.1) is 0 Å². The molecule has 0 aliphatic heterocycles. The zero-order chi connectivity index (χ0) is 12.4. The lowest BCUT2D eigenvalue weighted by molar-refractivity contribution is 0.683. The number of nitrogen functional groups attached to an aromatic ring is 1. The normalized spacial score (nSPS) is 12.6. The molecule has 0 bridgehead atoms. The van der Waals surface area contributed by atoms with Gasteiger partial charge in [0.15, 0.2) is 0 Å². The molecular formula is C11H12BrN3OS. The molecule has 0 aliphatic rings. The Morgan fingerprint density at radius 1 is 1.53 bits per heavy atom. The lowest BCUT2D eigenvalue weighted by atomic mass is 10.3. The first-order valence-corrected chi connectivity index (χ1v) is 7.08. The van der Waals surface area contributed by atoms with Gasteiger partial charge in [0.1, 0.15) is 0 Å². The third-order valence-corrected chi connectivity index (χ3v) is 4.22. The molecule has 0 amide bonds. The second-order valence-electron chi connectivity index (χ2n) is 3.69. The van der Waals surface area contributed by atoms with Gasteiger partial charge < -0.3 is 5.73 Å². The predicted molar refractivity (Wildman–Crippen MR) is 71.9 cm³/mol. The molecule has 1 unspecified atom stereocenters. The average molecular weight is 314 g/mol. The molecular weight excluding hydrogens is 302 g/mol. The van der Waals surface area contributed by atoms with Crippen molar-refractivity contribution in [3.8, 4) is 0 Å². The highest BCUT2D eigenvalue weighted by Gasteiger charge is 2.10. The van der Waals surface area contributed by atoms with Crippen LogP contribution in [-0.2, 0) is 23.6 Å². The molecule has 1 aromatic carbocycles. The summed E-state index contributed by atoms with van der Waals surface area (Å²) in [6.45, 7) is 0. The Labute approximate surface area is 110 Å². The number of nitrogens with two attached hydrogens (primary N) is 1. The van der Waals surface area contributed by atoms with E-state index in [0.717, 1.165) is 10.0 Å². The summed E-state index contributed by atoms with van der Waals surface area (Å²) in [5, 5.41) is 4.04. The molecule has 0 saturated carbocycles. The third kappa shape index (κ3) is 2.95. The van der Waals surface area contributed by atoms with Crippen molar-refractivity contribution in [2.45, 2.75) is 10.6 Å². The van der Waals surface area contributed by atoms with Crippen LogP contribution < -0.4 is 5.73 Å². The zero-order valence-electron chi connectivity index (χ0n) is 9.26. The van der Waals surface area contributed by atoms with Gasteiger partial charge in [-0.2, -0.15) is 5.10 Å². The maximum Gasteiger partial charge on any atom is 0.0621 e. The van der Waals surface area contributed by atoms with Crippen molar-refractivity contribution in [2.24, 2.45) is 7.05 Å². The van der Waals surface area contributed by atoms with E-state index in [-0.39, 0.29) is 0 Å². The fourth-order valence-electron chi connectivity index (χ4n) is 1.50. The number of halogens is 1. The van der Waals surface area contributed by atoms with Crippen molar-refractivity contribution in [1.29, 1.82) is 0 Å². The van der Waals surface area contributed by atoms with Crippen LogP contribution in [0.15, 0.2) is 40.0 Å². The number of anilines is 1. The zero-order valence-corrected chi connectivity index (χ0v) is 11.7. The van der Waals surface area contributed by atoms with Crippen LogP contribution >= 0.6 is 15.9 Å². The molecule has 0 saturated heterocycles. The standard InChI is InChI=1S/C11H12BrN3OS/c1-15-6-8(5-14-15)7-17(16)11-3-2-9(12)4-10(11)13/h2-6H,7,13H2,1H3. The lowest BCUT2D eigenvalue weighted by Crippen LogP contribution is -2.00.